The fraction of sp³-hybridized carbons (Fsp3) is 1.00. The van der Waals surface area contributed by atoms with Gasteiger partial charge in [0.2, 0.25) is 0 Å². The van der Waals surface area contributed by atoms with Crippen LogP contribution in [0.1, 0.15) is 39.5 Å². The fourth-order valence-corrected chi connectivity index (χ4v) is 6.13. The number of aliphatic hydroxyl groups excluding tert-OH is 1. The maximum Gasteiger partial charge on any atom is 0.0881 e. The largest absolute Gasteiger partial charge is 0.393 e. The number of aliphatic hydroxyl groups is 1. The van der Waals surface area contributed by atoms with Crippen LogP contribution in [0.2, 0.25) is 0 Å². The van der Waals surface area contributed by atoms with E-state index in [4.69, 9.17) is 0 Å². The van der Waals surface area contributed by atoms with Crippen LogP contribution in [0.5, 0.6) is 0 Å². The van der Waals surface area contributed by atoms with Crippen LogP contribution in [-0.4, -0.2) is 35.0 Å². The highest BCUT2D eigenvalue weighted by Crippen LogP contribution is 2.53. The van der Waals surface area contributed by atoms with E-state index < -0.39 is 20.1 Å². The quantitative estimate of drug-likeness (QED) is 0.712. The van der Waals surface area contributed by atoms with E-state index >= 15 is 0 Å². The lowest BCUT2D eigenvalue weighted by Gasteiger charge is -2.45. The molecule has 0 saturated heterocycles. The van der Waals surface area contributed by atoms with Crippen molar-refractivity contribution in [1.29, 1.82) is 0 Å². The third kappa shape index (κ3) is 1.65. The van der Waals surface area contributed by atoms with Crippen molar-refractivity contribution >= 4 is 9.63 Å². The summed E-state index contributed by atoms with van der Waals surface area (Å²) >= 11 is 0. The van der Waals surface area contributed by atoms with Crippen LogP contribution in [0.25, 0.3) is 0 Å². The second-order valence-corrected chi connectivity index (χ2v) is 8.90. The van der Waals surface area contributed by atoms with E-state index in [0.29, 0.717) is 19.3 Å². The predicted molar refractivity (Wildman–Crippen MR) is 63.8 cm³/mol. The summed E-state index contributed by atoms with van der Waals surface area (Å²) in [6, 6.07) is 0. The van der Waals surface area contributed by atoms with E-state index in [-0.39, 0.29) is 17.9 Å². The molecule has 2 fully saturated rings. The Labute approximate surface area is 96.5 Å². The smallest absolute Gasteiger partial charge is 0.0881 e. The maximum atomic E-state index is 12.4. The molecule has 4 nitrogen and oxygen atoms in total. The number of fused-ring (bicyclic) bond motifs is 2. The van der Waals surface area contributed by atoms with Crippen LogP contribution in [0.3, 0.4) is 0 Å². The van der Waals surface area contributed by atoms with Crippen LogP contribution < -0.4 is 0 Å². The van der Waals surface area contributed by atoms with Crippen molar-refractivity contribution in [2.24, 2.45) is 11.8 Å². The molecule has 2 rings (SSSR count). The summed E-state index contributed by atoms with van der Waals surface area (Å²) < 4.78 is 32.8. The zero-order chi connectivity index (χ0) is 12.2. The van der Waals surface area contributed by atoms with Gasteiger partial charge in [0.1, 0.15) is 0 Å². The molecule has 0 aromatic carbocycles. The minimum atomic E-state index is -4.53. The molecular formula is C11H22O4S. The topological polar surface area (TPSA) is 77.8 Å². The van der Waals surface area contributed by atoms with Crippen molar-refractivity contribution in [3.8, 4) is 0 Å². The lowest BCUT2D eigenvalue weighted by atomic mass is 9.97. The van der Waals surface area contributed by atoms with Crippen LogP contribution in [0.4, 0.5) is 0 Å². The highest BCUT2D eigenvalue weighted by molar-refractivity contribution is 8.11. The molecule has 0 spiro atoms. The fourth-order valence-electron chi connectivity index (χ4n) is 3.35. The number of hydrogen-bond donors (Lipinski definition) is 3. The molecule has 96 valence electrons. The lowest BCUT2D eigenvalue weighted by Crippen LogP contribution is -2.54. The highest BCUT2D eigenvalue weighted by Gasteiger charge is 2.57. The van der Waals surface area contributed by atoms with Gasteiger partial charge in [-0.1, -0.05) is 6.92 Å². The van der Waals surface area contributed by atoms with E-state index in [1.54, 1.807) is 6.92 Å². The SMILES string of the molecule is CCC(C)S(=O)(O)(O)C1CC2CC1CC2O. The monoisotopic (exact) mass is 250 g/mol. The molecule has 5 atom stereocenters. The summed E-state index contributed by atoms with van der Waals surface area (Å²) in [6.45, 7) is 3.45. The minimum Gasteiger partial charge on any atom is -0.393 e. The van der Waals surface area contributed by atoms with Crippen LogP contribution in [-0.2, 0) is 9.63 Å². The first kappa shape index (κ1) is 12.5. The van der Waals surface area contributed by atoms with Crippen molar-refractivity contribution in [1.82, 2.24) is 0 Å². The molecule has 0 amide bonds. The molecule has 2 aliphatic carbocycles. The summed E-state index contributed by atoms with van der Waals surface area (Å²) in [7, 11) is -4.53. The van der Waals surface area contributed by atoms with Crippen LogP contribution in [0, 0.1) is 11.8 Å². The Morgan fingerprint density at radius 2 is 1.88 bits per heavy atom. The molecule has 2 bridgehead atoms. The second-order valence-electron chi connectivity index (χ2n) is 5.53. The van der Waals surface area contributed by atoms with Gasteiger partial charge in [-0.25, -0.2) is 4.21 Å². The normalized spacial score (nSPS) is 42.9. The van der Waals surface area contributed by atoms with E-state index in [1.807, 2.05) is 6.92 Å². The van der Waals surface area contributed by atoms with Crippen molar-refractivity contribution in [2.45, 2.75) is 56.1 Å². The van der Waals surface area contributed by atoms with Crippen molar-refractivity contribution in [3.05, 3.63) is 0 Å². The molecule has 16 heavy (non-hydrogen) atoms. The van der Waals surface area contributed by atoms with Gasteiger partial charge in [-0.15, -0.1) is 0 Å². The van der Waals surface area contributed by atoms with Gasteiger partial charge < -0.3 is 14.2 Å². The van der Waals surface area contributed by atoms with E-state index in [9.17, 15) is 18.4 Å². The third-order valence-electron chi connectivity index (χ3n) is 4.66. The predicted octanol–water partition coefficient (Wildman–Crippen LogP) is 1.71. The first-order valence-electron chi connectivity index (χ1n) is 6.07. The Morgan fingerprint density at radius 1 is 1.25 bits per heavy atom. The van der Waals surface area contributed by atoms with Gasteiger partial charge in [0.25, 0.3) is 0 Å². The van der Waals surface area contributed by atoms with Gasteiger partial charge in [0, 0.05) is 0 Å². The number of hydrogen-bond acceptors (Lipinski definition) is 2. The molecule has 2 aliphatic rings. The van der Waals surface area contributed by atoms with Crippen molar-refractivity contribution in [2.75, 3.05) is 0 Å². The summed E-state index contributed by atoms with van der Waals surface area (Å²) in [5.74, 6) is 0.131. The second kappa shape index (κ2) is 3.51. The Kier molecular flexibility index (Phi) is 2.74. The average Bonchev–Trinajstić information content (AvgIpc) is 2.74. The molecule has 0 aromatic heterocycles. The van der Waals surface area contributed by atoms with Crippen LogP contribution in [0.15, 0.2) is 0 Å². The summed E-state index contributed by atoms with van der Waals surface area (Å²) in [5.41, 5.74) is 0. The van der Waals surface area contributed by atoms with Gasteiger partial charge in [-0.05, 0) is 44.4 Å². The van der Waals surface area contributed by atoms with Crippen LogP contribution >= 0.6 is 0 Å². The summed E-state index contributed by atoms with van der Waals surface area (Å²) in [5, 5.41) is 8.52. The number of rotatable bonds is 3. The van der Waals surface area contributed by atoms with Gasteiger partial charge in [-0.3, -0.25) is 0 Å². The van der Waals surface area contributed by atoms with Gasteiger partial charge in [0.15, 0.2) is 0 Å². The van der Waals surface area contributed by atoms with Gasteiger partial charge in [0.05, 0.1) is 26.2 Å². The van der Waals surface area contributed by atoms with Gasteiger partial charge >= 0.3 is 0 Å². The van der Waals surface area contributed by atoms with Crippen molar-refractivity contribution < 1.29 is 18.4 Å². The van der Waals surface area contributed by atoms with Crippen molar-refractivity contribution in [3.63, 3.8) is 0 Å². The zero-order valence-electron chi connectivity index (χ0n) is 9.87. The molecule has 5 unspecified atom stereocenters. The van der Waals surface area contributed by atoms with E-state index in [1.165, 1.54) is 0 Å². The minimum absolute atomic E-state index is 0.0171. The van der Waals surface area contributed by atoms with Gasteiger partial charge in [-0.2, -0.15) is 0 Å². The third-order valence-corrected chi connectivity index (χ3v) is 8.22. The standard InChI is InChI=1S/C11H22O4S/c1-3-7(2)16(13,14,15)11-6-8-4-9(11)5-10(8)12/h7-12H,3-6H2,1-2H3,(H2,13,14,15). The molecule has 0 aromatic rings. The molecular weight excluding hydrogens is 228 g/mol. The molecule has 0 heterocycles. The molecule has 2 saturated carbocycles. The maximum absolute atomic E-state index is 12.4. The van der Waals surface area contributed by atoms with E-state index in [0.717, 1.165) is 6.42 Å². The Balaban J connectivity index is 2.24. The highest BCUT2D eigenvalue weighted by atomic mass is 32.3. The Hall–Kier alpha value is 0.0300. The molecule has 0 aliphatic heterocycles. The molecule has 0 radical (unpaired) electrons. The summed E-state index contributed by atoms with van der Waals surface area (Å²) in [6.07, 6.45) is 2.02. The molecule has 3 N–H and O–H groups in total. The first-order valence-corrected chi connectivity index (χ1v) is 8.08. The Morgan fingerprint density at radius 3 is 2.25 bits per heavy atom. The Bertz CT molecular complexity index is 346. The molecule has 5 heteroatoms. The van der Waals surface area contributed by atoms with E-state index in [2.05, 4.69) is 0 Å². The summed E-state index contributed by atoms with van der Waals surface area (Å²) in [4.78, 5) is 0. The first-order chi connectivity index (χ1) is 7.24. The lowest BCUT2D eigenvalue weighted by molar-refractivity contribution is 0.112. The zero-order valence-corrected chi connectivity index (χ0v) is 10.7. The average molecular weight is 250 g/mol.